The van der Waals surface area contributed by atoms with Gasteiger partial charge in [0.25, 0.3) is 0 Å². The number of aryl methyl sites for hydroxylation is 4. The summed E-state index contributed by atoms with van der Waals surface area (Å²) in [5, 5.41) is 0.643. The van der Waals surface area contributed by atoms with Gasteiger partial charge in [-0.3, -0.25) is 0 Å². The highest BCUT2D eigenvalue weighted by atomic mass is 35.5. The lowest BCUT2D eigenvalue weighted by molar-refractivity contribution is 0.590. The standard InChI is InChI=1S/C28H29ClN4/c1-14-8-10-21-24(16(14)3)32-26(30-21)19-12-18(28(5,6)7)13-20(23(19)29)27-31-22-11-9-15(2)17(4)25(22)33-27/h8-13H,1-7H3,(H,30,32)(H,31,33). The number of H-pyrrole nitrogens is 2. The van der Waals surface area contributed by atoms with Crippen molar-refractivity contribution >= 4 is 33.7 Å². The van der Waals surface area contributed by atoms with Crippen LogP contribution in [0.15, 0.2) is 36.4 Å². The lowest BCUT2D eigenvalue weighted by atomic mass is 9.84. The predicted molar refractivity (Wildman–Crippen MR) is 139 cm³/mol. The Labute approximate surface area is 199 Å². The van der Waals surface area contributed by atoms with E-state index in [0.717, 1.165) is 44.8 Å². The molecule has 5 heteroatoms. The zero-order chi connectivity index (χ0) is 23.7. The van der Waals surface area contributed by atoms with E-state index in [0.29, 0.717) is 5.02 Å². The molecule has 0 aliphatic heterocycles. The molecule has 0 bridgehead atoms. The molecule has 0 saturated carbocycles. The molecule has 4 nitrogen and oxygen atoms in total. The van der Waals surface area contributed by atoms with Gasteiger partial charge in [0.05, 0.1) is 27.1 Å². The van der Waals surface area contributed by atoms with E-state index in [9.17, 15) is 0 Å². The Morgan fingerprint density at radius 3 is 1.52 bits per heavy atom. The second kappa shape index (κ2) is 7.46. The fourth-order valence-electron chi connectivity index (χ4n) is 4.28. The van der Waals surface area contributed by atoms with Crippen molar-refractivity contribution in [1.82, 2.24) is 19.9 Å². The molecule has 0 aliphatic rings. The normalized spacial score (nSPS) is 12.2. The van der Waals surface area contributed by atoms with E-state index in [1.165, 1.54) is 27.8 Å². The van der Waals surface area contributed by atoms with E-state index in [1.54, 1.807) is 0 Å². The predicted octanol–water partition coefficient (Wildman–Crippen LogP) is 7.96. The molecule has 2 aromatic heterocycles. The van der Waals surface area contributed by atoms with Gasteiger partial charge in [-0.05, 0) is 85.2 Å². The Bertz CT molecular complexity index is 1440. The topological polar surface area (TPSA) is 57.4 Å². The minimum atomic E-state index is -0.0644. The molecular formula is C28H29ClN4. The number of halogens is 1. The molecule has 0 radical (unpaired) electrons. The third kappa shape index (κ3) is 3.53. The Kier molecular flexibility index (Phi) is 4.91. The van der Waals surface area contributed by atoms with Crippen molar-refractivity contribution in [2.45, 2.75) is 53.9 Å². The van der Waals surface area contributed by atoms with Gasteiger partial charge in [0, 0.05) is 11.1 Å². The number of aromatic nitrogens is 4. The fraction of sp³-hybridized carbons (Fsp3) is 0.286. The van der Waals surface area contributed by atoms with Gasteiger partial charge in [-0.1, -0.05) is 44.5 Å². The van der Waals surface area contributed by atoms with Gasteiger partial charge >= 0.3 is 0 Å². The van der Waals surface area contributed by atoms with Crippen molar-refractivity contribution in [3.05, 3.63) is 69.2 Å². The summed E-state index contributed by atoms with van der Waals surface area (Å²) in [5.74, 6) is 1.55. The molecule has 168 valence electrons. The van der Waals surface area contributed by atoms with Crippen LogP contribution in [0.5, 0.6) is 0 Å². The molecule has 3 aromatic carbocycles. The highest BCUT2D eigenvalue weighted by molar-refractivity contribution is 6.36. The average molecular weight is 457 g/mol. The number of aromatic amines is 2. The number of rotatable bonds is 2. The van der Waals surface area contributed by atoms with Crippen LogP contribution in [0.25, 0.3) is 44.8 Å². The summed E-state index contributed by atoms with van der Waals surface area (Å²) in [6.45, 7) is 15.1. The molecule has 0 unspecified atom stereocenters. The zero-order valence-corrected chi connectivity index (χ0v) is 21.0. The number of fused-ring (bicyclic) bond motifs is 2. The second-order valence-corrected chi connectivity index (χ2v) is 10.5. The highest BCUT2D eigenvalue weighted by Gasteiger charge is 2.23. The highest BCUT2D eigenvalue weighted by Crippen LogP contribution is 2.40. The van der Waals surface area contributed by atoms with Gasteiger partial charge in [-0.25, -0.2) is 9.97 Å². The number of nitrogens with one attached hydrogen (secondary N) is 2. The Morgan fingerprint density at radius 1 is 0.697 bits per heavy atom. The minimum absolute atomic E-state index is 0.0644. The largest absolute Gasteiger partial charge is 0.338 e. The third-order valence-corrected chi connectivity index (χ3v) is 7.21. The fourth-order valence-corrected chi connectivity index (χ4v) is 4.57. The van der Waals surface area contributed by atoms with Crippen molar-refractivity contribution in [1.29, 1.82) is 0 Å². The molecule has 33 heavy (non-hydrogen) atoms. The van der Waals surface area contributed by atoms with E-state index >= 15 is 0 Å². The van der Waals surface area contributed by atoms with Crippen LogP contribution >= 0.6 is 11.6 Å². The molecule has 0 atom stereocenters. The summed E-state index contributed by atoms with van der Waals surface area (Å²) in [4.78, 5) is 16.9. The first kappa shape index (κ1) is 21.7. The molecule has 2 heterocycles. The van der Waals surface area contributed by atoms with Crippen LogP contribution in [-0.4, -0.2) is 19.9 Å². The van der Waals surface area contributed by atoms with E-state index < -0.39 is 0 Å². The van der Waals surface area contributed by atoms with Gasteiger partial charge in [0.1, 0.15) is 11.6 Å². The maximum atomic E-state index is 7.08. The van der Waals surface area contributed by atoms with Crippen LogP contribution in [0.1, 0.15) is 48.6 Å². The molecule has 0 amide bonds. The lowest BCUT2D eigenvalue weighted by Crippen LogP contribution is -2.11. The van der Waals surface area contributed by atoms with Crippen LogP contribution in [0.4, 0.5) is 0 Å². The van der Waals surface area contributed by atoms with Crippen LogP contribution < -0.4 is 0 Å². The minimum Gasteiger partial charge on any atom is -0.338 e. The number of benzene rings is 3. The molecule has 2 N–H and O–H groups in total. The van der Waals surface area contributed by atoms with E-state index in [-0.39, 0.29) is 5.41 Å². The summed E-state index contributed by atoms with van der Waals surface area (Å²) in [5.41, 5.74) is 11.7. The second-order valence-electron chi connectivity index (χ2n) is 10.1. The van der Waals surface area contributed by atoms with Gasteiger partial charge in [0.15, 0.2) is 0 Å². The van der Waals surface area contributed by atoms with Gasteiger partial charge in [0.2, 0.25) is 0 Å². The van der Waals surface area contributed by atoms with Gasteiger partial charge in [-0.2, -0.15) is 0 Å². The van der Waals surface area contributed by atoms with Crippen LogP contribution in [0.2, 0.25) is 5.02 Å². The first-order valence-electron chi connectivity index (χ1n) is 11.3. The van der Waals surface area contributed by atoms with E-state index in [2.05, 4.69) is 94.8 Å². The quantitative estimate of drug-likeness (QED) is 0.283. The summed E-state index contributed by atoms with van der Waals surface area (Å²) < 4.78 is 0. The smallest absolute Gasteiger partial charge is 0.140 e. The summed E-state index contributed by atoms with van der Waals surface area (Å²) >= 11 is 7.08. The van der Waals surface area contributed by atoms with Crippen LogP contribution in [0.3, 0.4) is 0 Å². The number of imidazole rings is 2. The van der Waals surface area contributed by atoms with Crippen molar-refractivity contribution < 1.29 is 0 Å². The van der Waals surface area contributed by atoms with Crippen molar-refractivity contribution in [3.63, 3.8) is 0 Å². The molecule has 0 aliphatic carbocycles. The van der Waals surface area contributed by atoms with Crippen molar-refractivity contribution in [2.24, 2.45) is 0 Å². The molecule has 5 aromatic rings. The summed E-state index contributed by atoms with van der Waals surface area (Å²) in [6, 6.07) is 12.7. The molecule has 0 saturated heterocycles. The molecule has 0 spiro atoms. The summed E-state index contributed by atoms with van der Waals surface area (Å²) in [6.07, 6.45) is 0. The molecular weight excluding hydrogens is 428 g/mol. The monoisotopic (exact) mass is 456 g/mol. The van der Waals surface area contributed by atoms with Gasteiger partial charge < -0.3 is 9.97 Å². The van der Waals surface area contributed by atoms with E-state index in [1.807, 2.05) is 0 Å². The van der Waals surface area contributed by atoms with Crippen molar-refractivity contribution in [2.75, 3.05) is 0 Å². The SMILES string of the molecule is Cc1ccc2[nH]c(-c3cc(C(C)(C)C)cc(-c4nc5c(C)c(C)ccc5[nH]4)c3Cl)nc2c1C. The van der Waals surface area contributed by atoms with Crippen LogP contribution in [-0.2, 0) is 5.41 Å². The number of hydrogen-bond acceptors (Lipinski definition) is 2. The lowest BCUT2D eigenvalue weighted by Gasteiger charge is -2.21. The Balaban J connectivity index is 1.78. The van der Waals surface area contributed by atoms with Crippen LogP contribution in [0, 0.1) is 27.7 Å². The maximum Gasteiger partial charge on any atom is 0.140 e. The first-order valence-corrected chi connectivity index (χ1v) is 11.7. The van der Waals surface area contributed by atoms with Crippen molar-refractivity contribution in [3.8, 4) is 22.8 Å². The number of hydrogen-bond donors (Lipinski definition) is 2. The molecule has 5 rings (SSSR count). The van der Waals surface area contributed by atoms with Gasteiger partial charge in [-0.15, -0.1) is 0 Å². The number of nitrogens with zero attached hydrogens (tertiary/aromatic N) is 2. The average Bonchev–Trinajstić information content (AvgIpc) is 3.38. The maximum absolute atomic E-state index is 7.08. The zero-order valence-electron chi connectivity index (χ0n) is 20.2. The Morgan fingerprint density at radius 2 is 1.12 bits per heavy atom. The first-order chi connectivity index (χ1) is 15.5. The third-order valence-electron chi connectivity index (χ3n) is 6.81. The summed E-state index contributed by atoms with van der Waals surface area (Å²) in [7, 11) is 0. The van der Waals surface area contributed by atoms with E-state index in [4.69, 9.17) is 21.6 Å². The Hall–Kier alpha value is -3.11. The molecule has 0 fully saturated rings.